The van der Waals surface area contributed by atoms with Gasteiger partial charge in [-0.25, -0.2) is 4.79 Å². The summed E-state index contributed by atoms with van der Waals surface area (Å²) < 4.78 is 0. The fourth-order valence-electron chi connectivity index (χ4n) is 2.72. The summed E-state index contributed by atoms with van der Waals surface area (Å²) in [6, 6.07) is -0.430. The Hall–Kier alpha value is -1.59. The van der Waals surface area contributed by atoms with Gasteiger partial charge in [0.05, 0.1) is 0 Å². The van der Waals surface area contributed by atoms with E-state index in [-0.39, 0.29) is 17.2 Å². The first kappa shape index (κ1) is 15.8. The monoisotopic (exact) mass is 295 g/mol. The maximum atomic E-state index is 12.3. The molecule has 2 rings (SSSR count). The summed E-state index contributed by atoms with van der Waals surface area (Å²) in [6.45, 7) is 9.53. The maximum Gasteiger partial charge on any atom is 0.322 e. The van der Waals surface area contributed by atoms with Crippen molar-refractivity contribution in [1.29, 1.82) is 0 Å². The lowest BCUT2D eigenvalue weighted by molar-refractivity contribution is -0.137. The van der Waals surface area contributed by atoms with Crippen molar-refractivity contribution in [2.75, 3.05) is 13.1 Å². The maximum absolute atomic E-state index is 12.3. The standard InChI is InChI=1S/C15H25N3O3/c1-10(14(2,3)4)9-11(19)18-7-5-15(6-8-18)12(20)16-13(21)17-15/h10H,5-9H2,1-4H3,(H2,16,17,20,21). The van der Waals surface area contributed by atoms with Gasteiger partial charge >= 0.3 is 6.03 Å². The van der Waals surface area contributed by atoms with Crippen LogP contribution in [0.1, 0.15) is 47.0 Å². The normalized spacial score (nSPS) is 23.0. The van der Waals surface area contributed by atoms with Crippen LogP contribution < -0.4 is 10.6 Å². The predicted molar refractivity (Wildman–Crippen MR) is 78.5 cm³/mol. The highest BCUT2D eigenvalue weighted by Gasteiger charge is 2.48. The van der Waals surface area contributed by atoms with Crippen LogP contribution in [0.25, 0.3) is 0 Å². The Kier molecular flexibility index (Phi) is 4.00. The lowest BCUT2D eigenvalue weighted by atomic mass is 9.79. The molecule has 2 N–H and O–H groups in total. The summed E-state index contributed by atoms with van der Waals surface area (Å²) in [5, 5.41) is 4.99. The summed E-state index contributed by atoms with van der Waals surface area (Å²) >= 11 is 0. The molecule has 4 amide bonds. The van der Waals surface area contributed by atoms with Crippen LogP contribution in [0.3, 0.4) is 0 Å². The molecule has 0 aromatic heterocycles. The first-order valence-corrected chi connectivity index (χ1v) is 7.55. The number of rotatable bonds is 2. The smallest absolute Gasteiger partial charge is 0.322 e. The van der Waals surface area contributed by atoms with Gasteiger partial charge in [-0.3, -0.25) is 14.9 Å². The molecule has 1 spiro atoms. The lowest BCUT2D eigenvalue weighted by Crippen LogP contribution is -2.55. The van der Waals surface area contributed by atoms with E-state index in [1.807, 2.05) is 4.90 Å². The Morgan fingerprint density at radius 1 is 1.29 bits per heavy atom. The molecule has 21 heavy (non-hydrogen) atoms. The van der Waals surface area contributed by atoms with Gasteiger partial charge in [-0.05, 0) is 24.2 Å². The molecule has 0 radical (unpaired) electrons. The zero-order chi connectivity index (χ0) is 15.8. The third-order valence-corrected chi connectivity index (χ3v) is 4.94. The van der Waals surface area contributed by atoms with Crippen molar-refractivity contribution < 1.29 is 14.4 Å². The molecule has 2 heterocycles. The van der Waals surface area contributed by atoms with E-state index in [9.17, 15) is 14.4 Å². The number of hydrogen-bond acceptors (Lipinski definition) is 3. The fraction of sp³-hybridized carbons (Fsp3) is 0.800. The number of urea groups is 1. The van der Waals surface area contributed by atoms with Crippen molar-refractivity contribution in [3.63, 3.8) is 0 Å². The quantitative estimate of drug-likeness (QED) is 0.753. The number of likely N-dealkylation sites (tertiary alicyclic amines) is 1. The highest BCUT2D eigenvalue weighted by Crippen LogP contribution is 2.30. The van der Waals surface area contributed by atoms with E-state index in [0.717, 1.165) is 0 Å². The summed E-state index contributed by atoms with van der Waals surface area (Å²) in [6.07, 6.45) is 1.50. The molecule has 0 aliphatic carbocycles. The number of piperidine rings is 1. The molecule has 1 atom stereocenters. The van der Waals surface area contributed by atoms with Crippen molar-refractivity contribution in [3.05, 3.63) is 0 Å². The van der Waals surface area contributed by atoms with Gasteiger partial charge < -0.3 is 10.2 Å². The minimum absolute atomic E-state index is 0.103. The van der Waals surface area contributed by atoms with Gasteiger partial charge in [0.25, 0.3) is 5.91 Å². The molecule has 2 fully saturated rings. The molecule has 6 nitrogen and oxygen atoms in total. The number of carbonyl (C=O) groups excluding carboxylic acids is 3. The summed E-state index contributed by atoms with van der Waals surface area (Å²) in [4.78, 5) is 37.3. The van der Waals surface area contributed by atoms with Crippen LogP contribution in [0.4, 0.5) is 4.79 Å². The molecular weight excluding hydrogens is 270 g/mol. The molecule has 2 aliphatic rings. The number of amides is 4. The summed E-state index contributed by atoms with van der Waals surface area (Å²) in [5.74, 6) is 0.176. The molecule has 0 aromatic rings. The second-order valence-electron chi connectivity index (χ2n) is 7.34. The van der Waals surface area contributed by atoms with Crippen LogP contribution in [0.15, 0.2) is 0 Å². The second kappa shape index (κ2) is 5.31. The van der Waals surface area contributed by atoms with Crippen LogP contribution in [0, 0.1) is 11.3 Å². The van der Waals surface area contributed by atoms with Gasteiger partial charge in [0.15, 0.2) is 0 Å². The number of hydrogen-bond donors (Lipinski definition) is 2. The van der Waals surface area contributed by atoms with Gasteiger partial charge in [-0.1, -0.05) is 27.7 Å². The van der Waals surface area contributed by atoms with Gasteiger partial charge in [0, 0.05) is 19.5 Å². The highest BCUT2D eigenvalue weighted by molar-refractivity contribution is 6.07. The number of nitrogens with one attached hydrogen (secondary N) is 2. The van der Waals surface area contributed by atoms with E-state index >= 15 is 0 Å². The third kappa shape index (κ3) is 3.19. The summed E-state index contributed by atoms with van der Waals surface area (Å²) in [5.41, 5.74) is -0.699. The molecule has 0 bridgehead atoms. The van der Waals surface area contributed by atoms with Crippen molar-refractivity contribution in [2.45, 2.75) is 52.5 Å². The molecule has 118 valence electrons. The molecule has 6 heteroatoms. The lowest BCUT2D eigenvalue weighted by Gasteiger charge is -2.38. The van der Waals surface area contributed by atoms with Gasteiger partial charge in [0.2, 0.25) is 5.91 Å². The zero-order valence-electron chi connectivity index (χ0n) is 13.3. The van der Waals surface area contributed by atoms with E-state index in [1.54, 1.807) is 0 Å². The average Bonchev–Trinajstić information content (AvgIpc) is 2.63. The number of imide groups is 1. The Balaban J connectivity index is 1.91. The molecule has 2 saturated heterocycles. The van der Waals surface area contributed by atoms with Crippen molar-refractivity contribution in [1.82, 2.24) is 15.5 Å². The first-order valence-electron chi connectivity index (χ1n) is 7.55. The molecular formula is C15H25N3O3. The Bertz CT molecular complexity index is 459. The number of nitrogens with zero attached hydrogens (tertiary/aromatic N) is 1. The molecule has 1 unspecified atom stereocenters. The van der Waals surface area contributed by atoms with Crippen molar-refractivity contribution in [3.8, 4) is 0 Å². The SMILES string of the molecule is CC(CC(=O)N1CCC2(CC1)NC(=O)NC2=O)C(C)(C)C. The minimum Gasteiger partial charge on any atom is -0.342 e. The van der Waals surface area contributed by atoms with Crippen LogP contribution in [0.2, 0.25) is 0 Å². The van der Waals surface area contributed by atoms with Crippen LogP contribution in [-0.4, -0.2) is 41.4 Å². The second-order valence-corrected chi connectivity index (χ2v) is 7.34. The van der Waals surface area contributed by atoms with Gasteiger partial charge in [-0.15, -0.1) is 0 Å². The fourth-order valence-corrected chi connectivity index (χ4v) is 2.72. The molecule has 0 saturated carbocycles. The Morgan fingerprint density at radius 2 is 1.86 bits per heavy atom. The highest BCUT2D eigenvalue weighted by atomic mass is 16.2. The molecule has 0 aromatic carbocycles. The third-order valence-electron chi connectivity index (χ3n) is 4.94. The van der Waals surface area contributed by atoms with E-state index in [2.05, 4.69) is 38.3 Å². The van der Waals surface area contributed by atoms with Crippen molar-refractivity contribution >= 4 is 17.8 Å². The minimum atomic E-state index is -0.802. The predicted octanol–water partition coefficient (Wildman–Crippen LogP) is 1.26. The van der Waals surface area contributed by atoms with E-state index in [1.165, 1.54) is 0 Å². The Morgan fingerprint density at radius 3 is 2.29 bits per heavy atom. The van der Waals surface area contributed by atoms with Crippen molar-refractivity contribution in [2.24, 2.45) is 11.3 Å². The van der Waals surface area contributed by atoms with Gasteiger partial charge in [-0.2, -0.15) is 0 Å². The van der Waals surface area contributed by atoms with E-state index in [0.29, 0.717) is 38.3 Å². The first-order chi connectivity index (χ1) is 9.64. The van der Waals surface area contributed by atoms with E-state index < -0.39 is 11.6 Å². The summed E-state index contributed by atoms with van der Waals surface area (Å²) in [7, 11) is 0. The number of carbonyl (C=O) groups is 3. The average molecular weight is 295 g/mol. The Labute approximate surface area is 125 Å². The largest absolute Gasteiger partial charge is 0.342 e. The zero-order valence-corrected chi connectivity index (χ0v) is 13.3. The molecule has 2 aliphatic heterocycles. The van der Waals surface area contributed by atoms with Crippen LogP contribution in [-0.2, 0) is 9.59 Å². The van der Waals surface area contributed by atoms with Crippen LogP contribution in [0.5, 0.6) is 0 Å². The van der Waals surface area contributed by atoms with Gasteiger partial charge in [0.1, 0.15) is 5.54 Å². The van der Waals surface area contributed by atoms with E-state index in [4.69, 9.17) is 0 Å². The van der Waals surface area contributed by atoms with Crippen LogP contribution >= 0.6 is 0 Å². The topological polar surface area (TPSA) is 78.5 Å².